The van der Waals surface area contributed by atoms with Gasteiger partial charge in [0, 0.05) is 4.47 Å². The van der Waals surface area contributed by atoms with Crippen LogP contribution in [0.4, 0.5) is 4.79 Å². The van der Waals surface area contributed by atoms with Gasteiger partial charge in [0.1, 0.15) is 5.75 Å². The zero-order valence-corrected chi connectivity index (χ0v) is 19.1. The second-order valence-electron chi connectivity index (χ2n) is 3.73. The van der Waals surface area contributed by atoms with Crippen LogP contribution in [0, 0.1) is 0 Å². The number of hydrogen-bond donors (Lipinski definition) is 0. The zero-order valence-electron chi connectivity index (χ0n) is 11.2. The molecule has 7 heteroatoms. The number of rotatable bonds is 2. The van der Waals surface area contributed by atoms with Crippen molar-refractivity contribution in [2.75, 3.05) is 0 Å². The first kappa shape index (κ1) is 23.3. The van der Waals surface area contributed by atoms with Crippen molar-refractivity contribution in [3.63, 3.8) is 0 Å². The van der Waals surface area contributed by atoms with Gasteiger partial charge in [0.2, 0.25) is 0 Å². The van der Waals surface area contributed by atoms with Gasteiger partial charge < -0.3 is 19.7 Å². The number of hydrogen-bond acceptors (Lipinski definition) is 4. The van der Waals surface area contributed by atoms with E-state index < -0.39 is 6.16 Å². The molecule has 0 spiro atoms. The first-order chi connectivity index (χ1) is 8.08. The predicted octanol–water partition coefficient (Wildman–Crippen LogP) is -4.67. The topological polar surface area (TPSA) is 72.4 Å². The summed E-state index contributed by atoms with van der Waals surface area (Å²) in [5, 5.41) is 16.7. The van der Waals surface area contributed by atoms with E-state index in [1.165, 1.54) is 25.7 Å². The van der Waals surface area contributed by atoms with Crippen molar-refractivity contribution >= 4 is 22.1 Å². The third-order valence-corrected chi connectivity index (χ3v) is 2.89. The number of carbonyl (C=O) groups is 1. The molecule has 19 heavy (non-hydrogen) atoms. The van der Waals surface area contributed by atoms with Gasteiger partial charge in [0.15, 0.2) is 0 Å². The molecular formula is C12H13BrK2O4. The summed E-state index contributed by atoms with van der Waals surface area (Å²) in [4.78, 5) is 8.33. The third kappa shape index (κ3) is 12.3. The van der Waals surface area contributed by atoms with Crippen LogP contribution in [0.25, 0.3) is 0 Å². The molecule has 0 atom stereocenters. The fourth-order valence-corrected chi connectivity index (χ4v) is 2.12. The normalized spacial score (nSPS) is 13.3. The zero-order chi connectivity index (χ0) is 12.7. The minimum absolute atomic E-state index is 0. The number of halogens is 1. The Kier molecular flexibility index (Phi) is 16.8. The maximum absolute atomic E-state index is 8.33. The van der Waals surface area contributed by atoms with Crippen LogP contribution in [0.15, 0.2) is 28.7 Å². The van der Waals surface area contributed by atoms with Gasteiger partial charge in [-0.15, -0.1) is 0 Å². The molecule has 1 fully saturated rings. The first-order valence-corrected chi connectivity index (χ1v) is 6.17. The summed E-state index contributed by atoms with van der Waals surface area (Å²) < 4.78 is 6.91. The molecule has 0 bridgehead atoms. The summed E-state index contributed by atoms with van der Waals surface area (Å²) in [6, 6.07) is 8.07. The van der Waals surface area contributed by atoms with Crippen LogP contribution in [0.3, 0.4) is 0 Å². The monoisotopic (exact) mass is 378 g/mol. The summed E-state index contributed by atoms with van der Waals surface area (Å²) in [5.74, 6) is 0.987. The Bertz CT molecular complexity index is 367. The van der Waals surface area contributed by atoms with Crippen LogP contribution < -0.4 is 118 Å². The van der Waals surface area contributed by atoms with Crippen LogP contribution in [0.5, 0.6) is 5.75 Å². The number of ether oxygens (including phenoxy) is 1. The summed E-state index contributed by atoms with van der Waals surface area (Å²) >= 11 is 3.43. The molecule has 0 radical (unpaired) electrons. The van der Waals surface area contributed by atoms with Gasteiger partial charge in [-0.25, -0.2) is 0 Å². The van der Waals surface area contributed by atoms with E-state index in [2.05, 4.69) is 15.9 Å². The van der Waals surface area contributed by atoms with Crippen LogP contribution >= 0.6 is 15.9 Å². The number of carboxylic acid groups (broad SMARTS) is 2. The van der Waals surface area contributed by atoms with E-state index in [4.69, 9.17) is 19.7 Å². The van der Waals surface area contributed by atoms with Crippen molar-refractivity contribution in [1.29, 1.82) is 0 Å². The average molecular weight is 379 g/mol. The van der Waals surface area contributed by atoms with Gasteiger partial charge in [0.05, 0.1) is 6.10 Å². The molecule has 1 aromatic carbocycles. The van der Waals surface area contributed by atoms with E-state index in [1.54, 1.807) is 0 Å². The molecule has 1 aliphatic carbocycles. The third-order valence-electron chi connectivity index (χ3n) is 2.40. The van der Waals surface area contributed by atoms with Crippen molar-refractivity contribution in [3.8, 4) is 5.75 Å². The van der Waals surface area contributed by atoms with Gasteiger partial charge in [-0.3, -0.25) is 0 Å². The predicted molar refractivity (Wildman–Crippen MR) is 62.4 cm³/mol. The summed E-state index contributed by atoms with van der Waals surface area (Å²) in [7, 11) is 0. The van der Waals surface area contributed by atoms with E-state index in [9.17, 15) is 0 Å². The first-order valence-electron chi connectivity index (χ1n) is 5.38. The van der Waals surface area contributed by atoms with E-state index in [0.29, 0.717) is 6.10 Å². The Morgan fingerprint density at radius 1 is 1.21 bits per heavy atom. The fourth-order valence-electron chi connectivity index (χ4n) is 1.74. The smallest absolute Gasteiger partial charge is 0.652 e. The molecular weight excluding hydrogens is 366 g/mol. The molecule has 0 amide bonds. The quantitative estimate of drug-likeness (QED) is 0.485. The second kappa shape index (κ2) is 13.7. The van der Waals surface area contributed by atoms with Crippen molar-refractivity contribution in [3.05, 3.63) is 28.7 Å². The maximum atomic E-state index is 8.33. The van der Waals surface area contributed by atoms with Crippen LogP contribution in [0.2, 0.25) is 0 Å². The second-order valence-corrected chi connectivity index (χ2v) is 4.65. The minimum Gasteiger partial charge on any atom is -0.652 e. The van der Waals surface area contributed by atoms with Gasteiger partial charge in [-0.1, -0.05) is 22.0 Å². The summed E-state index contributed by atoms with van der Waals surface area (Å²) in [5.41, 5.74) is 0. The number of benzene rings is 1. The minimum atomic E-state index is -2.33. The van der Waals surface area contributed by atoms with Gasteiger partial charge in [-0.2, -0.15) is 0 Å². The molecule has 1 aromatic rings. The fraction of sp³-hybridized carbons (Fsp3) is 0.417. The Morgan fingerprint density at radius 3 is 2.21 bits per heavy atom. The van der Waals surface area contributed by atoms with E-state index in [0.717, 1.165) is 10.2 Å². The Morgan fingerprint density at radius 2 is 1.74 bits per heavy atom. The Hall–Kier alpha value is 2.04. The molecule has 1 aliphatic rings. The molecule has 0 saturated heterocycles. The summed E-state index contributed by atoms with van der Waals surface area (Å²) in [6.45, 7) is 0. The molecule has 1 saturated carbocycles. The maximum Gasteiger partial charge on any atom is 1.00 e. The standard InChI is InChI=1S/C11H13BrO.CH2O3.2K/c12-9-4-3-7-11(8-9)13-10-5-1-2-6-10;2-1(3)4;;/h3-4,7-8,10H,1-2,5-6H2;(H2,2,3,4);;/q;;2*+1/p-2. The van der Waals surface area contributed by atoms with Crippen LogP contribution in [0.1, 0.15) is 25.7 Å². The molecule has 2 rings (SSSR count). The van der Waals surface area contributed by atoms with Crippen molar-refractivity contribution in [2.24, 2.45) is 0 Å². The van der Waals surface area contributed by atoms with E-state index in [-0.39, 0.29) is 103 Å². The van der Waals surface area contributed by atoms with Crippen molar-refractivity contribution < 1.29 is 123 Å². The van der Waals surface area contributed by atoms with Gasteiger partial charge in [0.25, 0.3) is 0 Å². The Labute approximate surface area is 206 Å². The van der Waals surface area contributed by atoms with Crippen molar-refractivity contribution in [2.45, 2.75) is 31.8 Å². The molecule has 0 aliphatic heterocycles. The molecule has 94 valence electrons. The molecule has 4 nitrogen and oxygen atoms in total. The van der Waals surface area contributed by atoms with Gasteiger partial charge >= 0.3 is 103 Å². The average Bonchev–Trinajstić information content (AvgIpc) is 2.69. The van der Waals surface area contributed by atoms with Gasteiger partial charge in [-0.05, 0) is 50.0 Å². The van der Waals surface area contributed by atoms with Crippen molar-refractivity contribution in [1.82, 2.24) is 0 Å². The SMILES string of the molecule is Brc1cccc(OC2CCCC2)c1.O=C([O-])[O-].[K+].[K+]. The van der Waals surface area contributed by atoms with E-state index in [1.807, 2.05) is 24.3 Å². The molecule has 0 aromatic heterocycles. The number of carbonyl (C=O) groups excluding carboxylic acids is 1. The molecule has 0 N–H and O–H groups in total. The largest absolute Gasteiger partial charge is 1.00 e. The van der Waals surface area contributed by atoms with Crippen LogP contribution in [-0.4, -0.2) is 12.3 Å². The molecule has 0 unspecified atom stereocenters. The van der Waals surface area contributed by atoms with E-state index >= 15 is 0 Å². The van der Waals surface area contributed by atoms with Crippen LogP contribution in [-0.2, 0) is 0 Å². The Balaban J connectivity index is 0. The molecule has 0 heterocycles. The summed E-state index contributed by atoms with van der Waals surface area (Å²) in [6.07, 6.45) is 3.19.